The van der Waals surface area contributed by atoms with Crippen molar-refractivity contribution in [2.75, 3.05) is 0 Å². The summed E-state index contributed by atoms with van der Waals surface area (Å²) in [7, 11) is 0. The number of aliphatic carboxylic acids is 1. The molecular weight excluding hydrogens is 265 g/mol. The van der Waals surface area contributed by atoms with Gasteiger partial charge in [-0.05, 0) is 11.6 Å². The van der Waals surface area contributed by atoms with Crippen LogP contribution in [0.5, 0.6) is 5.75 Å². The van der Waals surface area contributed by atoms with Gasteiger partial charge in [-0.2, -0.15) is 8.78 Å². The third-order valence-corrected chi connectivity index (χ3v) is 2.28. The lowest BCUT2D eigenvalue weighted by atomic mass is 10.1. The second kappa shape index (κ2) is 5.32. The number of carboxylic acid groups (broad SMARTS) is 1. The third kappa shape index (κ3) is 3.50. The van der Waals surface area contributed by atoms with E-state index in [1.54, 1.807) is 0 Å². The van der Waals surface area contributed by atoms with E-state index in [1.807, 2.05) is 0 Å². The van der Waals surface area contributed by atoms with E-state index in [1.165, 1.54) is 6.07 Å². The molecule has 16 heavy (non-hydrogen) atoms. The molecule has 0 aromatic heterocycles. The van der Waals surface area contributed by atoms with Gasteiger partial charge in [-0.15, -0.1) is 0 Å². The fraction of sp³-hybridized carbons (Fsp3) is 0.222. The molecule has 1 N–H and O–H groups in total. The Morgan fingerprint density at radius 3 is 2.56 bits per heavy atom. The number of ether oxygens (including phenoxy) is 1. The van der Waals surface area contributed by atoms with Crippen LogP contribution in [0, 0.1) is 0 Å². The maximum absolute atomic E-state index is 12.0. The number of halogens is 4. The van der Waals surface area contributed by atoms with Crippen LogP contribution >= 0.6 is 23.2 Å². The van der Waals surface area contributed by atoms with E-state index in [-0.39, 0.29) is 21.4 Å². The smallest absolute Gasteiger partial charge is 0.387 e. The zero-order valence-electron chi connectivity index (χ0n) is 7.71. The van der Waals surface area contributed by atoms with Gasteiger partial charge in [0, 0.05) is 11.1 Å². The van der Waals surface area contributed by atoms with Gasteiger partial charge < -0.3 is 9.84 Å². The van der Waals surface area contributed by atoms with E-state index in [2.05, 4.69) is 4.74 Å². The van der Waals surface area contributed by atoms with Gasteiger partial charge in [-0.25, -0.2) is 0 Å². The molecule has 1 rings (SSSR count). The maximum atomic E-state index is 12.0. The minimum Gasteiger partial charge on any atom is -0.481 e. The van der Waals surface area contributed by atoms with Crippen molar-refractivity contribution in [1.82, 2.24) is 0 Å². The fourth-order valence-corrected chi connectivity index (χ4v) is 1.54. The average Bonchev–Trinajstić information content (AvgIpc) is 2.11. The summed E-state index contributed by atoms with van der Waals surface area (Å²) < 4.78 is 28.1. The molecule has 3 nitrogen and oxygen atoms in total. The van der Waals surface area contributed by atoms with E-state index >= 15 is 0 Å². The molecule has 0 saturated carbocycles. The standard InChI is InChI=1S/C9H6Cl2F2O3/c10-5-1-4(2-7(14)15)8(11)6(3-5)16-9(12)13/h1,3,9H,2H2,(H,14,15). The van der Waals surface area contributed by atoms with Crippen LogP contribution in [-0.2, 0) is 11.2 Å². The number of hydrogen-bond acceptors (Lipinski definition) is 2. The van der Waals surface area contributed by atoms with Gasteiger partial charge in [0.15, 0.2) is 0 Å². The molecule has 88 valence electrons. The Morgan fingerprint density at radius 2 is 2.06 bits per heavy atom. The van der Waals surface area contributed by atoms with Gasteiger partial charge in [0.1, 0.15) is 5.75 Å². The highest BCUT2D eigenvalue weighted by Gasteiger charge is 2.15. The summed E-state index contributed by atoms with van der Waals surface area (Å²) in [6.45, 7) is -3.05. The molecule has 7 heteroatoms. The molecule has 0 heterocycles. The summed E-state index contributed by atoms with van der Waals surface area (Å²) in [5.74, 6) is -1.48. The topological polar surface area (TPSA) is 46.5 Å². The van der Waals surface area contributed by atoms with Crippen molar-refractivity contribution in [1.29, 1.82) is 0 Å². The molecule has 1 aromatic rings. The fourth-order valence-electron chi connectivity index (χ4n) is 1.09. The second-order valence-corrected chi connectivity index (χ2v) is 3.64. The summed E-state index contributed by atoms with van der Waals surface area (Å²) in [6.07, 6.45) is -0.418. The van der Waals surface area contributed by atoms with Crippen LogP contribution in [0.3, 0.4) is 0 Å². The van der Waals surface area contributed by atoms with Gasteiger partial charge in [0.05, 0.1) is 11.4 Å². The highest BCUT2D eigenvalue weighted by Crippen LogP contribution is 2.33. The van der Waals surface area contributed by atoms with Crippen LogP contribution in [0.2, 0.25) is 10.0 Å². The summed E-state index contributed by atoms with van der Waals surface area (Å²) in [4.78, 5) is 10.5. The molecule has 0 spiro atoms. The lowest BCUT2D eigenvalue weighted by Crippen LogP contribution is -2.05. The maximum Gasteiger partial charge on any atom is 0.387 e. The van der Waals surface area contributed by atoms with Gasteiger partial charge in [0.2, 0.25) is 0 Å². The highest BCUT2D eigenvalue weighted by molar-refractivity contribution is 6.35. The van der Waals surface area contributed by atoms with Crippen molar-refractivity contribution >= 4 is 29.2 Å². The van der Waals surface area contributed by atoms with Crippen LogP contribution in [0.1, 0.15) is 5.56 Å². The third-order valence-electron chi connectivity index (χ3n) is 1.64. The summed E-state index contributed by atoms with van der Waals surface area (Å²) in [6, 6.07) is 2.39. The second-order valence-electron chi connectivity index (χ2n) is 2.83. The average molecular weight is 271 g/mol. The number of benzene rings is 1. The van der Waals surface area contributed by atoms with Crippen molar-refractivity contribution in [3.05, 3.63) is 27.7 Å². The van der Waals surface area contributed by atoms with E-state index in [9.17, 15) is 13.6 Å². The summed E-state index contributed by atoms with van der Waals surface area (Å²) in [5, 5.41) is 8.47. The predicted octanol–water partition coefficient (Wildman–Crippen LogP) is 3.22. The molecule has 0 unspecified atom stereocenters. The number of carboxylic acids is 1. The van der Waals surface area contributed by atoms with E-state index in [4.69, 9.17) is 28.3 Å². The molecule has 1 aromatic carbocycles. The Balaban J connectivity index is 3.10. The van der Waals surface area contributed by atoms with E-state index in [0.29, 0.717) is 0 Å². The van der Waals surface area contributed by atoms with Gasteiger partial charge in [-0.3, -0.25) is 4.79 Å². The molecular formula is C9H6Cl2F2O3. The Labute approximate surface area is 99.5 Å². The van der Waals surface area contributed by atoms with Crippen molar-refractivity contribution in [2.24, 2.45) is 0 Å². The zero-order chi connectivity index (χ0) is 12.3. The lowest BCUT2D eigenvalue weighted by Gasteiger charge is -2.10. The first-order valence-electron chi connectivity index (χ1n) is 4.04. The van der Waals surface area contributed by atoms with Gasteiger partial charge in [0.25, 0.3) is 0 Å². The molecule has 0 aliphatic rings. The lowest BCUT2D eigenvalue weighted by molar-refractivity contribution is -0.136. The van der Waals surface area contributed by atoms with Crippen molar-refractivity contribution in [2.45, 2.75) is 13.0 Å². The minimum atomic E-state index is -3.05. The Hall–Kier alpha value is -1.07. The normalized spacial score (nSPS) is 10.6. The van der Waals surface area contributed by atoms with Crippen molar-refractivity contribution in [3.63, 3.8) is 0 Å². The molecule has 0 saturated heterocycles. The Kier molecular flexibility index (Phi) is 4.32. The molecule has 0 aliphatic carbocycles. The number of rotatable bonds is 4. The van der Waals surface area contributed by atoms with Crippen LogP contribution in [0.4, 0.5) is 8.78 Å². The number of carbonyl (C=O) groups is 1. The van der Waals surface area contributed by atoms with Gasteiger partial charge >= 0.3 is 12.6 Å². The Bertz CT molecular complexity index is 410. The molecule has 0 amide bonds. The number of alkyl halides is 2. The first-order valence-corrected chi connectivity index (χ1v) is 4.80. The highest BCUT2D eigenvalue weighted by atomic mass is 35.5. The first-order chi connectivity index (χ1) is 7.40. The molecule has 0 atom stereocenters. The van der Waals surface area contributed by atoms with Crippen LogP contribution in [0.25, 0.3) is 0 Å². The quantitative estimate of drug-likeness (QED) is 0.914. The summed E-state index contributed by atoms with van der Waals surface area (Å²) in [5.41, 5.74) is 0.123. The Morgan fingerprint density at radius 1 is 1.44 bits per heavy atom. The number of hydrogen-bond donors (Lipinski definition) is 1. The van der Waals surface area contributed by atoms with Crippen LogP contribution < -0.4 is 4.74 Å². The molecule has 0 fully saturated rings. The van der Waals surface area contributed by atoms with Crippen molar-refractivity contribution < 1.29 is 23.4 Å². The van der Waals surface area contributed by atoms with Crippen LogP contribution in [-0.4, -0.2) is 17.7 Å². The first kappa shape index (κ1) is 13.0. The minimum absolute atomic E-state index is 0.0799. The predicted molar refractivity (Wildman–Crippen MR) is 54.4 cm³/mol. The molecule has 0 aliphatic heterocycles. The van der Waals surface area contributed by atoms with E-state index in [0.717, 1.165) is 6.07 Å². The summed E-state index contributed by atoms with van der Waals surface area (Å²) >= 11 is 11.3. The van der Waals surface area contributed by atoms with Gasteiger partial charge in [-0.1, -0.05) is 23.2 Å². The molecule has 0 bridgehead atoms. The van der Waals surface area contributed by atoms with Crippen molar-refractivity contribution in [3.8, 4) is 5.75 Å². The van der Waals surface area contributed by atoms with Crippen LogP contribution in [0.15, 0.2) is 12.1 Å². The monoisotopic (exact) mass is 270 g/mol. The largest absolute Gasteiger partial charge is 0.481 e. The molecule has 0 radical (unpaired) electrons. The van der Waals surface area contributed by atoms with E-state index < -0.39 is 19.0 Å². The zero-order valence-corrected chi connectivity index (χ0v) is 9.23. The SMILES string of the molecule is O=C(O)Cc1cc(Cl)cc(OC(F)F)c1Cl.